The van der Waals surface area contributed by atoms with Crippen LogP contribution in [0.5, 0.6) is 0 Å². The van der Waals surface area contributed by atoms with E-state index in [2.05, 4.69) is 15.1 Å². The first-order chi connectivity index (χ1) is 9.74. The number of alkyl halides is 1. The molecular weight excluding hydrogens is 299 g/mol. The molecule has 20 heavy (non-hydrogen) atoms. The number of rotatable bonds is 4. The SMILES string of the molecule is COCc1nn(-c2nc3ccccc3[nH]2)c(Cl)c1CCl. The number of ether oxygens (including phenoxy) is 1. The van der Waals surface area contributed by atoms with Gasteiger partial charge in [0, 0.05) is 12.7 Å². The molecule has 0 aliphatic carbocycles. The van der Waals surface area contributed by atoms with Crippen molar-refractivity contribution >= 4 is 34.2 Å². The van der Waals surface area contributed by atoms with E-state index in [4.69, 9.17) is 27.9 Å². The lowest BCUT2D eigenvalue weighted by molar-refractivity contribution is 0.180. The first kappa shape index (κ1) is 13.4. The number of methoxy groups -OCH3 is 1. The molecule has 2 heterocycles. The summed E-state index contributed by atoms with van der Waals surface area (Å²) in [6.07, 6.45) is 0. The molecule has 3 aromatic rings. The molecule has 0 amide bonds. The third kappa shape index (κ3) is 2.18. The first-order valence-electron chi connectivity index (χ1n) is 6.01. The van der Waals surface area contributed by atoms with Crippen molar-refractivity contribution in [3.8, 4) is 5.95 Å². The Hall–Kier alpha value is -1.56. The van der Waals surface area contributed by atoms with Crippen LogP contribution in [0.25, 0.3) is 17.0 Å². The lowest BCUT2D eigenvalue weighted by Gasteiger charge is -1.97. The van der Waals surface area contributed by atoms with Crippen LogP contribution in [0.2, 0.25) is 5.15 Å². The van der Waals surface area contributed by atoms with Gasteiger partial charge in [0.1, 0.15) is 5.15 Å². The second-order valence-corrected chi connectivity index (χ2v) is 4.90. The molecule has 0 radical (unpaired) electrons. The molecule has 104 valence electrons. The summed E-state index contributed by atoms with van der Waals surface area (Å²) in [5.74, 6) is 0.836. The number of aromatic nitrogens is 4. The van der Waals surface area contributed by atoms with E-state index in [-0.39, 0.29) is 5.88 Å². The van der Waals surface area contributed by atoms with E-state index in [9.17, 15) is 0 Å². The molecule has 0 fully saturated rings. The molecule has 0 saturated heterocycles. The van der Waals surface area contributed by atoms with Gasteiger partial charge in [-0.1, -0.05) is 23.7 Å². The average Bonchev–Trinajstić information content (AvgIpc) is 3.00. The molecule has 7 heteroatoms. The van der Waals surface area contributed by atoms with Crippen molar-refractivity contribution in [2.75, 3.05) is 7.11 Å². The molecule has 0 atom stereocenters. The predicted molar refractivity (Wildman–Crippen MR) is 78.5 cm³/mol. The van der Waals surface area contributed by atoms with Gasteiger partial charge in [-0.2, -0.15) is 9.78 Å². The Morgan fingerprint density at radius 1 is 1.35 bits per heavy atom. The number of nitrogens with one attached hydrogen (secondary N) is 1. The average molecular weight is 311 g/mol. The number of hydrogen-bond acceptors (Lipinski definition) is 3. The molecule has 2 aromatic heterocycles. The van der Waals surface area contributed by atoms with Crippen LogP contribution in [0.3, 0.4) is 0 Å². The lowest BCUT2D eigenvalue weighted by atomic mass is 10.3. The van der Waals surface area contributed by atoms with Crippen molar-refractivity contribution in [3.05, 3.63) is 40.7 Å². The molecule has 3 rings (SSSR count). The van der Waals surface area contributed by atoms with E-state index in [1.165, 1.54) is 0 Å². The summed E-state index contributed by atoms with van der Waals surface area (Å²) in [5.41, 5.74) is 3.26. The Labute approximate surface area is 125 Å². The summed E-state index contributed by atoms with van der Waals surface area (Å²) in [7, 11) is 1.60. The molecule has 0 bridgehead atoms. The van der Waals surface area contributed by atoms with E-state index in [0.29, 0.717) is 23.4 Å². The molecule has 1 N–H and O–H groups in total. The zero-order chi connectivity index (χ0) is 14.1. The van der Waals surface area contributed by atoms with Gasteiger partial charge in [0.05, 0.1) is 29.2 Å². The highest BCUT2D eigenvalue weighted by Crippen LogP contribution is 2.25. The van der Waals surface area contributed by atoms with Crippen molar-refractivity contribution in [2.45, 2.75) is 12.5 Å². The standard InChI is InChI=1S/C13H12Cl2N4O/c1-20-7-11-8(6-14)12(15)19(18-11)13-16-9-4-2-3-5-10(9)17-13/h2-5H,6-7H2,1H3,(H,16,17). The third-order valence-corrected chi connectivity index (χ3v) is 3.65. The fourth-order valence-electron chi connectivity index (χ4n) is 2.04. The van der Waals surface area contributed by atoms with Gasteiger partial charge in [-0.3, -0.25) is 0 Å². The van der Waals surface area contributed by atoms with Crippen LogP contribution < -0.4 is 0 Å². The normalized spacial score (nSPS) is 11.3. The highest BCUT2D eigenvalue weighted by molar-refractivity contribution is 6.31. The minimum atomic E-state index is 0.276. The number of imidazole rings is 1. The Balaban J connectivity index is 2.13. The maximum Gasteiger partial charge on any atom is 0.230 e. The summed E-state index contributed by atoms with van der Waals surface area (Å²) in [5, 5.41) is 4.87. The van der Waals surface area contributed by atoms with Gasteiger partial charge in [-0.25, -0.2) is 4.98 Å². The summed E-state index contributed by atoms with van der Waals surface area (Å²) in [4.78, 5) is 7.65. The Morgan fingerprint density at radius 2 is 2.15 bits per heavy atom. The van der Waals surface area contributed by atoms with E-state index in [1.54, 1.807) is 11.8 Å². The predicted octanol–water partition coefficient (Wildman–Crippen LogP) is 3.29. The van der Waals surface area contributed by atoms with E-state index >= 15 is 0 Å². The van der Waals surface area contributed by atoms with Crippen LogP contribution >= 0.6 is 23.2 Å². The van der Waals surface area contributed by atoms with Crippen LogP contribution in [0, 0.1) is 0 Å². The van der Waals surface area contributed by atoms with Gasteiger partial charge in [-0.05, 0) is 12.1 Å². The lowest BCUT2D eigenvalue weighted by Crippen LogP contribution is -2.00. The van der Waals surface area contributed by atoms with Gasteiger partial charge in [0.25, 0.3) is 0 Å². The first-order valence-corrected chi connectivity index (χ1v) is 6.92. The molecular formula is C13H12Cl2N4O. The number of halogens is 2. The van der Waals surface area contributed by atoms with Crippen molar-refractivity contribution in [2.24, 2.45) is 0 Å². The minimum Gasteiger partial charge on any atom is -0.378 e. The number of hydrogen-bond donors (Lipinski definition) is 1. The van der Waals surface area contributed by atoms with Crippen molar-refractivity contribution in [1.82, 2.24) is 19.7 Å². The van der Waals surface area contributed by atoms with E-state index in [1.807, 2.05) is 24.3 Å². The van der Waals surface area contributed by atoms with Gasteiger partial charge in [0.15, 0.2) is 0 Å². The summed E-state index contributed by atoms with van der Waals surface area (Å²) >= 11 is 12.3. The summed E-state index contributed by atoms with van der Waals surface area (Å²) in [6, 6.07) is 7.74. The second-order valence-electron chi connectivity index (χ2n) is 4.27. The Kier molecular flexibility index (Phi) is 3.65. The largest absolute Gasteiger partial charge is 0.378 e. The zero-order valence-corrected chi connectivity index (χ0v) is 12.2. The fourth-order valence-corrected chi connectivity index (χ4v) is 2.68. The molecule has 0 saturated carbocycles. The highest BCUT2D eigenvalue weighted by Gasteiger charge is 2.18. The number of nitrogens with zero attached hydrogens (tertiary/aromatic N) is 3. The fraction of sp³-hybridized carbons (Fsp3) is 0.231. The maximum atomic E-state index is 6.33. The van der Waals surface area contributed by atoms with Crippen LogP contribution in [-0.4, -0.2) is 26.9 Å². The number of benzene rings is 1. The van der Waals surface area contributed by atoms with E-state index in [0.717, 1.165) is 16.6 Å². The smallest absolute Gasteiger partial charge is 0.230 e. The van der Waals surface area contributed by atoms with Crippen molar-refractivity contribution in [1.29, 1.82) is 0 Å². The Morgan fingerprint density at radius 3 is 2.85 bits per heavy atom. The molecule has 1 aromatic carbocycles. The molecule has 0 aliphatic heterocycles. The second kappa shape index (κ2) is 5.44. The summed E-state index contributed by atoms with van der Waals surface area (Å²) in [6.45, 7) is 0.356. The number of H-pyrrole nitrogens is 1. The molecule has 0 spiro atoms. The van der Waals surface area contributed by atoms with Gasteiger partial charge < -0.3 is 9.72 Å². The van der Waals surface area contributed by atoms with Gasteiger partial charge in [-0.15, -0.1) is 11.6 Å². The van der Waals surface area contributed by atoms with Crippen molar-refractivity contribution < 1.29 is 4.74 Å². The zero-order valence-electron chi connectivity index (χ0n) is 10.7. The molecule has 5 nitrogen and oxygen atoms in total. The van der Waals surface area contributed by atoms with Gasteiger partial charge >= 0.3 is 0 Å². The van der Waals surface area contributed by atoms with Crippen LogP contribution in [0.15, 0.2) is 24.3 Å². The number of para-hydroxylation sites is 2. The highest BCUT2D eigenvalue weighted by atomic mass is 35.5. The monoisotopic (exact) mass is 310 g/mol. The maximum absolute atomic E-state index is 6.33. The van der Waals surface area contributed by atoms with Crippen LogP contribution in [-0.2, 0) is 17.2 Å². The van der Waals surface area contributed by atoms with Crippen molar-refractivity contribution in [3.63, 3.8) is 0 Å². The minimum absolute atomic E-state index is 0.276. The topological polar surface area (TPSA) is 55.7 Å². The number of aromatic amines is 1. The van der Waals surface area contributed by atoms with Gasteiger partial charge in [0.2, 0.25) is 5.95 Å². The van der Waals surface area contributed by atoms with Crippen LogP contribution in [0.1, 0.15) is 11.3 Å². The quantitative estimate of drug-likeness (QED) is 0.752. The van der Waals surface area contributed by atoms with E-state index < -0.39 is 0 Å². The summed E-state index contributed by atoms with van der Waals surface area (Å²) < 4.78 is 6.66. The third-order valence-electron chi connectivity index (χ3n) is 3.00. The molecule has 0 aliphatic rings. The number of fused-ring (bicyclic) bond motifs is 1. The Bertz CT molecular complexity index is 717. The molecule has 0 unspecified atom stereocenters. The van der Waals surface area contributed by atoms with Crippen LogP contribution in [0.4, 0.5) is 0 Å².